The average Bonchev–Trinajstić information content (AvgIpc) is 2.37. The van der Waals surface area contributed by atoms with Gasteiger partial charge in [-0.3, -0.25) is 15.1 Å². The molecule has 19 heavy (non-hydrogen) atoms. The largest absolute Gasteiger partial charge is 0.481 e. The minimum Gasteiger partial charge on any atom is -0.481 e. The zero-order valence-corrected chi connectivity index (χ0v) is 12.7. The molecule has 0 unspecified atom stereocenters. The van der Waals surface area contributed by atoms with E-state index in [0.29, 0.717) is 4.47 Å². The molecule has 0 saturated heterocycles. The van der Waals surface area contributed by atoms with Crippen LogP contribution in [0.2, 0.25) is 0 Å². The van der Waals surface area contributed by atoms with Gasteiger partial charge < -0.3 is 4.74 Å². The molecular weight excluding hydrogens is 380 g/mol. The molecule has 0 atom stereocenters. The molecule has 0 aliphatic rings. The lowest BCUT2D eigenvalue weighted by Crippen LogP contribution is -2.00. The fourth-order valence-electron chi connectivity index (χ4n) is 1.47. The molecule has 5 nitrogen and oxygen atoms in total. The molecule has 0 fully saturated rings. The first kappa shape index (κ1) is 14.0. The van der Waals surface area contributed by atoms with Gasteiger partial charge in [0.15, 0.2) is 0 Å². The van der Waals surface area contributed by atoms with Gasteiger partial charge in [-0.1, -0.05) is 6.07 Å². The normalized spacial score (nSPS) is 10.2. The Morgan fingerprint density at radius 3 is 2.79 bits per heavy atom. The Bertz CT molecular complexity index is 620. The standard InChI is InChI=1S/C12H8Br2N2O3/c13-9-4-8(5-15-6-9)7-19-12-10(14)2-1-3-11(12)16(17)18/h1-6H,7H2. The van der Waals surface area contributed by atoms with Crippen LogP contribution < -0.4 is 4.74 Å². The number of hydrogen-bond donors (Lipinski definition) is 0. The second kappa shape index (κ2) is 6.12. The van der Waals surface area contributed by atoms with E-state index in [1.54, 1.807) is 24.5 Å². The van der Waals surface area contributed by atoms with Crippen molar-refractivity contribution in [1.29, 1.82) is 0 Å². The number of ether oxygens (including phenoxy) is 1. The third kappa shape index (κ3) is 3.51. The van der Waals surface area contributed by atoms with Crippen molar-refractivity contribution in [1.82, 2.24) is 4.98 Å². The summed E-state index contributed by atoms with van der Waals surface area (Å²) in [5.74, 6) is 0.215. The maximum atomic E-state index is 10.9. The van der Waals surface area contributed by atoms with Crippen LogP contribution in [0, 0.1) is 10.1 Å². The van der Waals surface area contributed by atoms with Gasteiger partial charge in [0.2, 0.25) is 5.75 Å². The van der Waals surface area contributed by atoms with Crippen LogP contribution in [0.4, 0.5) is 5.69 Å². The molecular formula is C12H8Br2N2O3. The van der Waals surface area contributed by atoms with Gasteiger partial charge in [-0.05, 0) is 44.0 Å². The molecule has 7 heteroatoms. The molecule has 0 spiro atoms. The number of pyridine rings is 1. The summed E-state index contributed by atoms with van der Waals surface area (Å²) in [5, 5.41) is 10.9. The zero-order chi connectivity index (χ0) is 13.8. The van der Waals surface area contributed by atoms with E-state index in [-0.39, 0.29) is 18.0 Å². The summed E-state index contributed by atoms with van der Waals surface area (Å²) in [7, 11) is 0. The maximum absolute atomic E-state index is 10.9. The van der Waals surface area contributed by atoms with Crippen LogP contribution in [0.3, 0.4) is 0 Å². The number of benzene rings is 1. The van der Waals surface area contributed by atoms with Gasteiger partial charge in [0.25, 0.3) is 0 Å². The molecule has 1 aromatic carbocycles. The second-order valence-corrected chi connectivity index (χ2v) is 5.42. The Kier molecular flexibility index (Phi) is 4.49. The molecule has 0 amide bonds. The third-order valence-corrected chi connectivity index (χ3v) is 3.35. The van der Waals surface area contributed by atoms with E-state index in [1.807, 2.05) is 6.07 Å². The summed E-state index contributed by atoms with van der Waals surface area (Å²) in [6.07, 6.45) is 3.30. The first-order chi connectivity index (χ1) is 9.08. The lowest BCUT2D eigenvalue weighted by atomic mass is 10.3. The van der Waals surface area contributed by atoms with Gasteiger partial charge in [-0.15, -0.1) is 0 Å². The highest BCUT2D eigenvalue weighted by atomic mass is 79.9. The summed E-state index contributed by atoms with van der Waals surface area (Å²) in [6.45, 7) is 0.204. The summed E-state index contributed by atoms with van der Waals surface area (Å²) in [6, 6.07) is 6.53. The van der Waals surface area contributed by atoms with E-state index in [9.17, 15) is 10.1 Å². The summed E-state index contributed by atoms with van der Waals surface area (Å²) < 4.78 is 6.90. The summed E-state index contributed by atoms with van der Waals surface area (Å²) in [4.78, 5) is 14.5. The molecule has 0 aliphatic carbocycles. The number of aromatic nitrogens is 1. The molecule has 0 radical (unpaired) electrons. The van der Waals surface area contributed by atoms with E-state index in [4.69, 9.17) is 4.74 Å². The monoisotopic (exact) mass is 386 g/mol. The van der Waals surface area contributed by atoms with Crippen molar-refractivity contribution < 1.29 is 9.66 Å². The highest BCUT2D eigenvalue weighted by Gasteiger charge is 2.17. The zero-order valence-electron chi connectivity index (χ0n) is 9.55. The number of nitro groups is 1. The van der Waals surface area contributed by atoms with Crippen LogP contribution in [0.25, 0.3) is 0 Å². The number of halogens is 2. The summed E-state index contributed by atoms with van der Waals surface area (Å²) in [5.41, 5.74) is 0.747. The van der Waals surface area contributed by atoms with Crippen molar-refractivity contribution in [3.05, 3.63) is 61.3 Å². The molecule has 1 heterocycles. The first-order valence-electron chi connectivity index (χ1n) is 5.23. The fraction of sp³-hybridized carbons (Fsp3) is 0.0833. The van der Waals surface area contributed by atoms with Crippen LogP contribution in [0.1, 0.15) is 5.56 Å². The van der Waals surface area contributed by atoms with Gasteiger partial charge in [-0.25, -0.2) is 0 Å². The van der Waals surface area contributed by atoms with E-state index in [1.165, 1.54) is 6.07 Å². The Morgan fingerprint density at radius 2 is 2.11 bits per heavy atom. The number of nitrogens with zero attached hydrogens (tertiary/aromatic N) is 2. The van der Waals surface area contributed by atoms with Crippen LogP contribution in [-0.2, 0) is 6.61 Å². The van der Waals surface area contributed by atoms with Crippen molar-refractivity contribution >= 4 is 37.5 Å². The fourth-order valence-corrected chi connectivity index (χ4v) is 2.36. The number of nitro benzene ring substituents is 1. The quantitative estimate of drug-likeness (QED) is 0.585. The lowest BCUT2D eigenvalue weighted by Gasteiger charge is -2.08. The lowest BCUT2D eigenvalue weighted by molar-refractivity contribution is -0.386. The van der Waals surface area contributed by atoms with Crippen molar-refractivity contribution in [2.45, 2.75) is 6.61 Å². The van der Waals surface area contributed by atoms with E-state index in [0.717, 1.165) is 10.0 Å². The molecule has 98 valence electrons. The van der Waals surface area contributed by atoms with Gasteiger partial charge in [0.1, 0.15) is 6.61 Å². The first-order valence-corrected chi connectivity index (χ1v) is 6.81. The number of para-hydroxylation sites is 1. The van der Waals surface area contributed by atoms with Crippen molar-refractivity contribution in [3.63, 3.8) is 0 Å². The summed E-state index contributed by atoms with van der Waals surface area (Å²) >= 11 is 6.55. The second-order valence-electron chi connectivity index (χ2n) is 3.65. The SMILES string of the molecule is O=[N+]([O-])c1cccc(Br)c1OCc1cncc(Br)c1. The third-order valence-electron chi connectivity index (χ3n) is 2.29. The van der Waals surface area contributed by atoms with Gasteiger partial charge in [-0.2, -0.15) is 0 Å². The van der Waals surface area contributed by atoms with Crippen LogP contribution in [0.15, 0.2) is 45.6 Å². The van der Waals surface area contributed by atoms with Crippen LogP contribution >= 0.6 is 31.9 Å². The smallest absolute Gasteiger partial charge is 0.312 e. The van der Waals surface area contributed by atoms with Crippen LogP contribution in [0.5, 0.6) is 5.75 Å². The topological polar surface area (TPSA) is 65.3 Å². The molecule has 1 aromatic heterocycles. The molecule has 0 saturated carbocycles. The Morgan fingerprint density at radius 1 is 1.32 bits per heavy atom. The van der Waals surface area contributed by atoms with Crippen molar-refractivity contribution in [2.75, 3.05) is 0 Å². The Balaban J connectivity index is 2.22. The highest BCUT2D eigenvalue weighted by molar-refractivity contribution is 9.10. The van der Waals surface area contributed by atoms with Crippen molar-refractivity contribution in [3.8, 4) is 5.75 Å². The van der Waals surface area contributed by atoms with Crippen molar-refractivity contribution in [2.24, 2.45) is 0 Å². The minimum absolute atomic E-state index is 0.0719. The van der Waals surface area contributed by atoms with Gasteiger partial charge >= 0.3 is 5.69 Å². The molecule has 2 rings (SSSR count). The van der Waals surface area contributed by atoms with Gasteiger partial charge in [0, 0.05) is 28.5 Å². The predicted molar refractivity (Wildman–Crippen MR) is 77.1 cm³/mol. The van der Waals surface area contributed by atoms with E-state index < -0.39 is 4.92 Å². The van der Waals surface area contributed by atoms with E-state index in [2.05, 4.69) is 36.8 Å². The van der Waals surface area contributed by atoms with Crippen LogP contribution in [-0.4, -0.2) is 9.91 Å². The number of hydrogen-bond acceptors (Lipinski definition) is 4. The Hall–Kier alpha value is -1.47. The van der Waals surface area contributed by atoms with E-state index >= 15 is 0 Å². The predicted octanol–water partition coefficient (Wildman–Crippen LogP) is 4.09. The molecule has 0 bridgehead atoms. The highest BCUT2D eigenvalue weighted by Crippen LogP contribution is 2.35. The average molecular weight is 388 g/mol. The van der Waals surface area contributed by atoms with Gasteiger partial charge in [0.05, 0.1) is 9.40 Å². The maximum Gasteiger partial charge on any atom is 0.312 e. The molecule has 0 N–H and O–H groups in total. The minimum atomic E-state index is -0.473. The molecule has 2 aromatic rings. The molecule has 0 aliphatic heterocycles. The number of rotatable bonds is 4. The Labute approximate surface area is 126 Å².